The highest BCUT2D eigenvalue weighted by Crippen LogP contribution is 2.20. The van der Waals surface area contributed by atoms with Crippen LogP contribution in [0, 0.1) is 5.92 Å². The van der Waals surface area contributed by atoms with E-state index in [1.807, 2.05) is 13.8 Å². The molecule has 0 spiro atoms. The average molecular weight is 300 g/mol. The van der Waals surface area contributed by atoms with Crippen molar-refractivity contribution in [3.8, 4) is 0 Å². The Morgan fingerprint density at radius 1 is 1.40 bits per heavy atom. The van der Waals surface area contributed by atoms with Crippen molar-refractivity contribution >= 4 is 16.0 Å². The molecule has 0 bridgehead atoms. The maximum absolute atomic E-state index is 12.1. The van der Waals surface area contributed by atoms with E-state index in [2.05, 4.69) is 20.0 Å². The summed E-state index contributed by atoms with van der Waals surface area (Å²) >= 11 is 0. The number of aromatic nitrogens is 2. The van der Waals surface area contributed by atoms with Crippen LogP contribution in [-0.4, -0.2) is 44.2 Å². The van der Waals surface area contributed by atoms with Gasteiger partial charge >= 0.3 is 0 Å². The van der Waals surface area contributed by atoms with E-state index in [0.29, 0.717) is 25.6 Å². The number of hydrogen-bond donors (Lipinski definition) is 2. The van der Waals surface area contributed by atoms with E-state index >= 15 is 0 Å². The van der Waals surface area contributed by atoms with E-state index in [0.717, 1.165) is 6.42 Å². The fraction of sp³-hybridized carbons (Fsp3) is 0.667. The van der Waals surface area contributed by atoms with Crippen molar-refractivity contribution in [2.45, 2.75) is 31.3 Å². The zero-order valence-electron chi connectivity index (χ0n) is 11.7. The molecular formula is C12H20N4O3S. The van der Waals surface area contributed by atoms with Crippen LogP contribution in [0.2, 0.25) is 0 Å². The summed E-state index contributed by atoms with van der Waals surface area (Å²) < 4.78 is 32.2. The van der Waals surface area contributed by atoms with Crippen LogP contribution in [-0.2, 0) is 14.8 Å². The molecule has 0 amide bonds. The molecule has 2 rings (SSSR count). The monoisotopic (exact) mass is 300 g/mol. The lowest BCUT2D eigenvalue weighted by molar-refractivity contribution is 0.107. The van der Waals surface area contributed by atoms with Gasteiger partial charge in [-0.2, -0.15) is 0 Å². The maximum atomic E-state index is 12.1. The molecule has 2 atom stereocenters. The highest BCUT2D eigenvalue weighted by atomic mass is 32.2. The van der Waals surface area contributed by atoms with Gasteiger partial charge in [-0.1, -0.05) is 0 Å². The lowest BCUT2D eigenvalue weighted by atomic mass is 10.0. The minimum atomic E-state index is -3.56. The molecule has 2 heterocycles. The molecule has 0 saturated carbocycles. The van der Waals surface area contributed by atoms with E-state index in [1.165, 1.54) is 12.4 Å². The topological polar surface area (TPSA) is 93.2 Å². The molecule has 112 valence electrons. The van der Waals surface area contributed by atoms with E-state index in [-0.39, 0.29) is 16.9 Å². The predicted octanol–water partition coefficient (Wildman–Crippen LogP) is 0.612. The second-order valence-electron chi connectivity index (χ2n) is 4.75. The summed E-state index contributed by atoms with van der Waals surface area (Å²) in [7, 11) is -3.56. The van der Waals surface area contributed by atoms with Gasteiger partial charge in [0.15, 0.2) is 0 Å². The molecule has 2 unspecified atom stereocenters. The van der Waals surface area contributed by atoms with Gasteiger partial charge in [-0.25, -0.2) is 23.1 Å². The molecule has 0 radical (unpaired) electrons. The number of rotatable bonds is 6. The van der Waals surface area contributed by atoms with Crippen LogP contribution < -0.4 is 10.0 Å². The Kier molecular flexibility index (Phi) is 4.90. The zero-order valence-corrected chi connectivity index (χ0v) is 12.5. The van der Waals surface area contributed by atoms with Crippen LogP contribution in [0.3, 0.4) is 0 Å². The Labute approximate surface area is 119 Å². The van der Waals surface area contributed by atoms with Crippen LogP contribution in [0.5, 0.6) is 0 Å². The van der Waals surface area contributed by atoms with Gasteiger partial charge in [0.1, 0.15) is 4.90 Å². The van der Waals surface area contributed by atoms with Gasteiger partial charge in [-0.3, -0.25) is 0 Å². The standard InChI is InChI=1S/C12H20N4O3S/c1-3-13-12-14-7-11(8-15-12)20(17,18)16-6-10-4-5-19-9(10)2/h7-10,16H,3-6H2,1-2H3,(H,13,14,15). The number of nitrogens with zero attached hydrogens (tertiary/aromatic N) is 2. The third kappa shape index (κ3) is 3.65. The van der Waals surface area contributed by atoms with E-state index in [4.69, 9.17) is 4.74 Å². The molecule has 8 heteroatoms. The molecule has 0 aromatic carbocycles. The smallest absolute Gasteiger partial charge is 0.243 e. The van der Waals surface area contributed by atoms with Crippen molar-refractivity contribution in [3.05, 3.63) is 12.4 Å². The van der Waals surface area contributed by atoms with Gasteiger partial charge in [0.2, 0.25) is 16.0 Å². The van der Waals surface area contributed by atoms with Gasteiger partial charge in [-0.05, 0) is 20.3 Å². The first-order valence-electron chi connectivity index (χ1n) is 6.70. The third-order valence-corrected chi connectivity index (χ3v) is 4.72. The minimum Gasteiger partial charge on any atom is -0.378 e. The first kappa shape index (κ1) is 15.1. The van der Waals surface area contributed by atoms with Crippen molar-refractivity contribution in [3.63, 3.8) is 0 Å². The Morgan fingerprint density at radius 3 is 2.65 bits per heavy atom. The van der Waals surface area contributed by atoms with Gasteiger partial charge in [0, 0.05) is 25.6 Å². The zero-order chi connectivity index (χ0) is 14.6. The molecule has 2 N–H and O–H groups in total. The van der Waals surface area contributed by atoms with Crippen molar-refractivity contribution < 1.29 is 13.2 Å². The summed E-state index contributed by atoms with van der Waals surface area (Å²) in [5, 5.41) is 2.91. The molecule has 1 aromatic rings. The lowest BCUT2D eigenvalue weighted by Gasteiger charge is -2.14. The summed E-state index contributed by atoms with van der Waals surface area (Å²) in [5.74, 6) is 0.635. The van der Waals surface area contributed by atoms with Crippen LogP contribution in [0.25, 0.3) is 0 Å². The lowest BCUT2D eigenvalue weighted by Crippen LogP contribution is -2.32. The minimum absolute atomic E-state index is 0.0747. The van der Waals surface area contributed by atoms with E-state index in [9.17, 15) is 8.42 Å². The highest BCUT2D eigenvalue weighted by Gasteiger charge is 2.26. The molecule has 20 heavy (non-hydrogen) atoms. The third-order valence-electron chi connectivity index (χ3n) is 3.34. The van der Waals surface area contributed by atoms with Crippen LogP contribution in [0.15, 0.2) is 17.3 Å². The highest BCUT2D eigenvalue weighted by molar-refractivity contribution is 7.89. The fourth-order valence-corrected chi connectivity index (χ4v) is 3.03. The summed E-state index contributed by atoms with van der Waals surface area (Å²) in [6.45, 7) is 5.62. The number of anilines is 1. The maximum Gasteiger partial charge on any atom is 0.243 e. The quantitative estimate of drug-likeness (QED) is 0.799. The molecular weight excluding hydrogens is 280 g/mol. The number of hydrogen-bond acceptors (Lipinski definition) is 6. The largest absolute Gasteiger partial charge is 0.378 e. The van der Waals surface area contributed by atoms with Crippen LogP contribution in [0.1, 0.15) is 20.3 Å². The van der Waals surface area contributed by atoms with Gasteiger partial charge in [-0.15, -0.1) is 0 Å². The first-order valence-corrected chi connectivity index (χ1v) is 8.18. The Morgan fingerprint density at radius 2 is 2.10 bits per heavy atom. The molecule has 1 aliphatic heterocycles. The summed E-state index contributed by atoms with van der Waals surface area (Å²) in [5.41, 5.74) is 0. The number of ether oxygens (including phenoxy) is 1. The van der Waals surface area contributed by atoms with Crippen molar-refractivity contribution in [2.75, 3.05) is 25.0 Å². The molecule has 1 fully saturated rings. The van der Waals surface area contributed by atoms with Gasteiger partial charge in [0.25, 0.3) is 0 Å². The van der Waals surface area contributed by atoms with Crippen molar-refractivity contribution in [2.24, 2.45) is 5.92 Å². The fourth-order valence-electron chi connectivity index (χ4n) is 2.05. The Bertz CT molecular complexity index is 532. The predicted molar refractivity (Wildman–Crippen MR) is 74.9 cm³/mol. The second-order valence-corrected chi connectivity index (χ2v) is 6.52. The SMILES string of the molecule is CCNc1ncc(S(=O)(=O)NCC2CCOC2C)cn1. The van der Waals surface area contributed by atoms with Gasteiger partial charge in [0.05, 0.1) is 18.5 Å². The van der Waals surface area contributed by atoms with Crippen molar-refractivity contribution in [1.29, 1.82) is 0 Å². The first-order chi connectivity index (χ1) is 9.53. The van der Waals surface area contributed by atoms with Gasteiger partial charge < -0.3 is 10.1 Å². The molecule has 1 aliphatic rings. The number of nitrogens with one attached hydrogen (secondary N) is 2. The normalized spacial score (nSPS) is 22.9. The van der Waals surface area contributed by atoms with Crippen LogP contribution >= 0.6 is 0 Å². The average Bonchev–Trinajstić information content (AvgIpc) is 2.83. The van der Waals surface area contributed by atoms with Crippen molar-refractivity contribution in [1.82, 2.24) is 14.7 Å². The van der Waals surface area contributed by atoms with E-state index < -0.39 is 10.0 Å². The Hall–Kier alpha value is -1.25. The summed E-state index contributed by atoms with van der Waals surface area (Å²) in [4.78, 5) is 8.00. The molecule has 7 nitrogen and oxygen atoms in total. The van der Waals surface area contributed by atoms with E-state index in [1.54, 1.807) is 0 Å². The molecule has 1 saturated heterocycles. The Balaban J connectivity index is 1.98. The molecule has 1 aromatic heterocycles. The molecule has 0 aliphatic carbocycles. The summed E-state index contributed by atoms with van der Waals surface area (Å²) in [6.07, 6.45) is 3.58. The summed E-state index contributed by atoms with van der Waals surface area (Å²) in [6, 6.07) is 0. The second kappa shape index (κ2) is 6.47. The number of sulfonamides is 1. The van der Waals surface area contributed by atoms with Crippen LogP contribution in [0.4, 0.5) is 5.95 Å².